The number of nitrogens with zero attached hydrogens (tertiary/aromatic N) is 4. The molecule has 0 spiro atoms. The van der Waals surface area contributed by atoms with Gasteiger partial charge < -0.3 is 9.73 Å². The molecule has 0 radical (unpaired) electrons. The molecule has 20 heavy (non-hydrogen) atoms. The molecule has 2 aromatic rings. The summed E-state index contributed by atoms with van der Waals surface area (Å²) in [5.41, 5.74) is 0. The molecule has 1 saturated carbocycles. The number of aromatic nitrogens is 4. The van der Waals surface area contributed by atoms with Gasteiger partial charge in [-0.1, -0.05) is 19.8 Å². The molecule has 0 saturated heterocycles. The van der Waals surface area contributed by atoms with Crippen molar-refractivity contribution in [1.82, 2.24) is 25.3 Å². The molecule has 108 valence electrons. The lowest BCUT2D eigenvalue weighted by Crippen LogP contribution is -2.39. The Balaban J connectivity index is 1.62. The summed E-state index contributed by atoms with van der Waals surface area (Å²) in [7, 11) is 0. The van der Waals surface area contributed by atoms with Crippen molar-refractivity contribution in [3.8, 4) is 0 Å². The summed E-state index contributed by atoms with van der Waals surface area (Å²) in [6.45, 7) is 2.65. The maximum atomic E-state index is 5.54. The van der Waals surface area contributed by atoms with Gasteiger partial charge in [-0.2, -0.15) is 5.10 Å². The predicted molar refractivity (Wildman–Crippen MR) is 74.0 cm³/mol. The molecule has 6 heteroatoms. The molecule has 0 aromatic carbocycles. The van der Waals surface area contributed by atoms with E-state index in [0.717, 1.165) is 6.42 Å². The lowest BCUT2D eigenvalue weighted by molar-refractivity contribution is 0.239. The van der Waals surface area contributed by atoms with Gasteiger partial charge in [0, 0.05) is 24.9 Å². The van der Waals surface area contributed by atoms with Crippen LogP contribution in [0, 0.1) is 0 Å². The van der Waals surface area contributed by atoms with Crippen LogP contribution in [0.15, 0.2) is 22.9 Å². The fraction of sp³-hybridized carbons (Fsp3) is 0.643. The van der Waals surface area contributed by atoms with Crippen molar-refractivity contribution in [3.63, 3.8) is 0 Å². The molecular weight excluding hydrogens is 254 g/mol. The predicted octanol–water partition coefficient (Wildman–Crippen LogP) is 2.10. The third-order valence-corrected chi connectivity index (χ3v) is 3.92. The van der Waals surface area contributed by atoms with Crippen LogP contribution in [0.1, 0.15) is 50.4 Å². The van der Waals surface area contributed by atoms with Gasteiger partial charge in [-0.3, -0.25) is 4.68 Å². The smallest absolute Gasteiger partial charge is 0.230 e. The van der Waals surface area contributed by atoms with Gasteiger partial charge in [-0.25, -0.2) is 0 Å². The second-order valence-electron chi connectivity index (χ2n) is 5.27. The molecule has 0 aliphatic heterocycles. The van der Waals surface area contributed by atoms with E-state index in [9.17, 15) is 0 Å². The summed E-state index contributed by atoms with van der Waals surface area (Å²) in [5.74, 6) is 1.38. The molecular formula is C14H21N5O. The van der Waals surface area contributed by atoms with Crippen LogP contribution in [0.4, 0.5) is 0 Å². The Kier molecular flexibility index (Phi) is 4.11. The van der Waals surface area contributed by atoms with E-state index in [0.29, 0.717) is 30.4 Å². The summed E-state index contributed by atoms with van der Waals surface area (Å²) in [6.07, 6.45) is 9.54. The van der Waals surface area contributed by atoms with E-state index in [-0.39, 0.29) is 0 Å². The second kappa shape index (κ2) is 6.17. The molecule has 1 fully saturated rings. The van der Waals surface area contributed by atoms with Crippen molar-refractivity contribution in [1.29, 1.82) is 0 Å². The SMILES string of the molecule is CCc1nnc(CN[C@@H]2CCCC[C@H]2n2cccn2)o1. The molecule has 1 N–H and O–H groups in total. The first-order chi connectivity index (χ1) is 9.86. The molecule has 0 bridgehead atoms. The Labute approximate surface area is 118 Å². The highest BCUT2D eigenvalue weighted by Crippen LogP contribution is 2.28. The van der Waals surface area contributed by atoms with Crippen molar-refractivity contribution < 1.29 is 4.42 Å². The molecule has 0 unspecified atom stereocenters. The largest absolute Gasteiger partial charge is 0.424 e. The number of hydrogen-bond donors (Lipinski definition) is 1. The average molecular weight is 275 g/mol. The van der Waals surface area contributed by atoms with E-state index in [1.807, 2.05) is 25.4 Å². The van der Waals surface area contributed by atoms with Crippen LogP contribution in [0.3, 0.4) is 0 Å². The molecule has 0 amide bonds. The topological polar surface area (TPSA) is 68.8 Å². The van der Waals surface area contributed by atoms with Crippen LogP contribution in [-0.4, -0.2) is 26.0 Å². The Morgan fingerprint density at radius 2 is 2.15 bits per heavy atom. The maximum Gasteiger partial charge on any atom is 0.230 e. The van der Waals surface area contributed by atoms with Crippen LogP contribution in [-0.2, 0) is 13.0 Å². The van der Waals surface area contributed by atoms with Gasteiger partial charge >= 0.3 is 0 Å². The Morgan fingerprint density at radius 3 is 2.90 bits per heavy atom. The minimum atomic E-state index is 0.417. The van der Waals surface area contributed by atoms with Gasteiger partial charge in [0.2, 0.25) is 11.8 Å². The van der Waals surface area contributed by atoms with E-state index in [4.69, 9.17) is 4.42 Å². The average Bonchev–Trinajstić information content (AvgIpc) is 3.17. The summed E-state index contributed by atoms with van der Waals surface area (Å²) in [5, 5.41) is 16.0. The monoisotopic (exact) mass is 275 g/mol. The zero-order valence-corrected chi connectivity index (χ0v) is 11.8. The standard InChI is InChI=1S/C14H21N5O/c1-2-13-17-18-14(20-13)10-15-11-6-3-4-7-12(11)19-9-5-8-16-19/h5,8-9,11-12,15H,2-4,6-7,10H2,1H3/t11-,12-/m1/s1. The lowest BCUT2D eigenvalue weighted by Gasteiger charge is -2.32. The Bertz CT molecular complexity index is 521. The van der Waals surface area contributed by atoms with Gasteiger partial charge in [-0.15, -0.1) is 10.2 Å². The third kappa shape index (κ3) is 2.90. The van der Waals surface area contributed by atoms with Crippen LogP contribution in [0.2, 0.25) is 0 Å². The molecule has 2 aromatic heterocycles. The summed E-state index contributed by atoms with van der Waals surface area (Å²) in [4.78, 5) is 0. The van der Waals surface area contributed by atoms with Crippen molar-refractivity contribution >= 4 is 0 Å². The van der Waals surface area contributed by atoms with E-state index in [2.05, 4.69) is 25.3 Å². The summed E-state index contributed by atoms with van der Waals surface area (Å²) in [6, 6.07) is 2.82. The zero-order valence-electron chi connectivity index (χ0n) is 11.8. The molecule has 6 nitrogen and oxygen atoms in total. The minimum absolute atomic E-state index is 0.417. The maximum absolute atomic E-state index is 5.54. The first kappa shape index (κ1) is 13.3. The van der Waals surface area contributed by atoms with Crippen LogP contribution < -0.4 is 5.32 Å². The van der Waals surface area contributed by atoms with Crippen molar-refractivity contribution in [2.24, 2.45) is 0 Å². The summed E-state index contributed by atoms with van der Waals surface area (Å²) < 4.78 is 7.61. The number of hydrogen-bond acceptors (Lipinski definition) is 5. The van der Waals surface area contributed by atoms with E-state index in [1.54, 1.807) is 0 Å². The van der Waals surface area contributed by atoms with E-state index >= 15 is 0 Å². The number of rotatable bonds is 5. The third-order valence-electron chi connectivity index (χ3n) is 3.92. The highest BCUT2D eigenvalue weighted by Gasteiger charge is 2.26. The molecule has 3 rings (SSSR count). The highest BCUT2D eigenvalue weighted by molar-refractivity contribution is 4.90. The highest BCUT2D eigenvalue weighted by atomic mass is 16.4. The van der Waals surface area contributed by atoms with Gasteiger partial charge in [0.05, 0.1) is 12.6 Å². The number of nitrogens with one attached hydrogen (secondary N) is 1. The van der Waals surface area contributed by atoms with Gasteiger partial charge in [-0.05, 0) is 18.9 Å². The van der Waals surface area contributed by atoms with Crippen molar-refractivity contribution in [3.05, 3.63) is 30.2 Å². The van der Waals surface area contributed by atoms with E-state index < -0.39 is 0 Å². The minimum Gasteiger partial charge on any atom is -0.424 e. The molecule has 2 atom stereocenters. The molecule has 1 aliphatic rings. The second-order valence-corrected chi connectivity index (χ2v) is 5.27. The fourth-order valence-corrected chi connectivity index (χ4v) is 2.86. The fourth-order valence-electron chi connectivity index (χ4n) is 2.86. The van der Waals surface area contributed by atoms with Crippen molar-refractivity contribution in [2.45, 2.75) is 57.7 Å². The lowest BCUT2D eigenvalue weighted by atomic mass is 9.90. The summed E-state index contributed by atoms with van der Waals surface area (Å²) >= 11 is 0. The van der Waals surface area contributed by atoms with E-state index in [1.165, 1.54) is 25.7 Å². The van der Waals surface area contributed by atoms with Gasteiger partial charge in [0.15, 0.2) is 0 Å². The normalized spacial score (nSPS) is 23.1. The zero-order chi connectivity index (χ0) is 13.8. The van der Waals surface area contributed by atoms with Crippen LogP contribution in [0.5, 0.6) is 0 Å². The van der Waals surface area contributed by atoms with Crippen LogP contribution >= 0.6 is 0 Å². The first-order valence-corrected chi connectivity index (χ1v) is 7.40. The Hall–Kier alpha value is -1.69. The van der Waals surface area contributed by atoms with Gasteiger partial charge in [0.1, 0.15) is 0 Å². The quantitative estimate of drug-likeness (QED) is 0.905. The van der Waals surface area contributed by atoms with Crippen LogP contribution in [0.25, 0.3) is 0 Å². The molecule has 1 aliphatic carbocycles. The van der Waals surface area contributed by atoms with Gasteiger partial charge in [0.25, 0.3) is 0 Å². The molecule has 2 heterocycles. The first-order valence-electron chi connectivity index (χ1n) is 7.40. The Morgan fingerprint density at radius 1 is 1.30 bits per heavy atom. The number of aryl methyl sites for hydroxylation is 1. The van der Waals surface area contributed by atoms with Crippen molar-refractivity contribution in [2.75, 3.05) is 0 Å².